The van der Waals surface area contributed by atoms with E-state index in [1.54, 1.807) is 23.5 Å². The summed E-state index contributed by atoms with van der Waals surface area (Å²) >= 11 is 1.45. The molecule has 42 heavy (non-hydrogen) atoms. The number of rotatable bonds is 4. The highest BCUT2D eigenvalue weighted by Gasteiger charge is 2.36. The molecule has 0 radical (unpaired) electrons. The summed E-state index contributed by atoms with van der Waals surface area (Å²) in [6.45, 7) is 8.65. The Morgan fingerprint density at radius 2 is 0.881 bits per heavy atom. The van der Waals surface area contributed by atoms with E-state index in [9.17, 15) is 0 Å². The summed E-state index contributed by atoms with van der Waals surface area (Å²) in [6, 6.07) is 35.4. The Labute approximate surface area is 261 Å². The van der Waals surface area contributed by atoms with E-state index in [1.807, 2.05) is 0 Å². The average molecular weight is 599 g/mol. The number of fused-ring (bicyclic) bond motifs is 7. The van der Waals surface area contributed by atoms with Crippen LogP contribution in [0.2, 0.25) is 5.79 Å². The van der Waals surface area contributed by atoms with Gasteiger partial charge in [0.15, 0.2) is 0 Å². The molecular formula is C37H31AlO2S2. The molecule has 0 fully saturated rings. The summed E-state index contributed by atoms with van der Waals surface area (Å²) in [5, 5.41) is 4.77. The van der Waals surface area contributed by atoms with E-state index in [4.69, 9.17) is 7.58 Å². The van der Waals surface area contributed by atoms with E-state index in [2.05, 4.69) is 131 Å². The molecule has 1 aliphatic rings. The summed E-state index contributed by atoms with van der Waals surface area (Å²) in [7, 11) is 0. The molecule has 1 heterocycles. The van der Waals surface area contributed by atoms with Gasteiger partial charge in [-0.2, -0.15) is 0 Å². The van der Waals surface area contributed by atoms with E-state index >= 15 is 0 Å². The van der Waals surface area contributed by atoms with Gasteiger partial charge in [-0.05, 0) is 114 Å². The van der Waals surface area contributed by atoms with E-state index in [-0.39, 0.29) is 0 Å². The molecule has 2 nitrogen and oxygen atoms in total. The summed E-state index contributed by atoms with van der Waals surface area (Å²) in [4.78, 5) is 4.69. The molecule has 0 aromatic heterocycles. The highest BCUT2D eigenvalue weighted by molar-refractivity contribution is 7.99. The highest BCUT2D eigenvalue weighted by Crippen LogP contribution is 2.55. The van der Waals surface area contributed by atoms with E-state index in [1.165, 1.54) is 53.6 Å². The molecule has 6 aromatic rings. The molecule has 0 spiro atoms. The number of aryl methyl sites for hydroxylation is 4. The summed E-state index contributed by atoms with van der Waals surface area (Å²) in [6.07, 6.45) is 0. The van der Waals surface area contributed by atoms with Gasteiger partial charge in [0.25, 0.3) is 0 Å². The van der Waals surface area contributed by atoms with Gasteiger partial charge in [0.05, 0.1) is 9.79 Å². The fourth-order valence-corrected chi connectivity index (χ4v) is 9.80. The lowest BCUT2D eigenvalue weighted by molar-refractivity contribution is 0.430. The predicted octanol–water partition coefficient (Wildman–Crippen LogP) is 11.1. The van der Waals surface area contributed by atoms with Crippen molar-refractivity contribution in [1.29, 1.82) is 0 Å². The topological polar surface area (TPSA) is 18.5 Å². The van der Waals surface area contributed by atoms with Crippen LogP contribution >= 0.6 is 23.5 Å². The molecule has 0 unspecified atom stereocenters. The Morgan fingerprint density at radius 3 is 1.29 bits per heavy atom. The van der Waals surface area contributed by atoms with Crippen LogP contribution in [0.15, 0.2) is 117 Å². The smallest absolute Gasteiger partial charge is 0.611 e. The van der Waals surface area contributed by atoms with Crippen LogP contribution in [0.5, 0.6) is 11.5 Å². The Kier molecular flexibility index (Phi) is 7.24. The minimum absolute atomic E-state index is 0.939. The largest absolute Gasteiger partial charge is 0.853 e. The maximum Gasteiger partial charge on any atom is 0.853 e. The van der Waals surface area contributed by atoms with Gasteiger partial charge in [-0.15, -0.1) is 0 Å². The molecule has 0 atom stereocenters. The van der Waals surface area contributed by atoms with Crippen LogP contribution in [-0.4, -0.2) is 14.8 Å². The second kappa shape index (κ2) is 11.1. The van der Waals surface area contributed by atoms with E-state index < -0.39 is 14.8 Å². The first kappa shape index (κ1) is 27.5. The van der Waals surface area contributed by atoms with Crippen molar-refractivity contribution in [2.45, 2.75) is 53.1 Å². The molecule has 1 aliphatic heterocycles. The minimum atomic E-state index is -2.11. The van der Waals surface area contributed by atoms with Gasteiger partial charge in [-0.25, -0.2) is 0 Å². The molecule has 6 aromatic carbocycles. The summed E-state index contributed by atoms with van der Waals surface area (Å²) < 4.78 is 13.8. The normalized spacial score (nSPS) is 12.5. The minimum Gasteiger partial charge on any atom is -0.611 e. The van der Waals surface area contributed by atoms with Gasteiger partial charge >= 0.3 is 14.8 Å². The molecule has 0 bridgehead atoms. The van der Waals surface area contributed by atoms with Gasteiger partial charge in [0.1, 0.15) is 11.5 Å². The summed E-state index contributed by atoms with van der Waals surface area (Å²) in [5.74, 6) is 4.02. The third-order valence-corrected chi connectivity index (χ3v) is 10.7. The van der Waals surface area contributed by atoms with Gasteiger partial charge < -0.3 is 7.58 Å². The lowest BCUT2D eigenvalue weighted by atomic mass is 9.92. The van der Waals surface area contributed by atoms with Gasteiger partial charge in [0.2, 0.25) is 0 Å². The second-order valence-corrected chi connectivity index (χ2v) is 15.1. The van der Waals surface area contributed by atoms with Gasteiger partial charge in [-0.1, -0.05) is 84.2 Å². The average Bonchev–Trinajstić information content (AvgIpc) is 3.09. The van der Waals surface area contributed by atoms with Crippen molar-refractivity contribution in [3.05, 3.63) is 119 Å². The van der Waals surface area contributed by atoms with Crippen LogP contribution in [0.1, 0.15) is 22.3 Å². The lowest BCUT2D eigenvalue weighted by Crippen LogP contribution is -2.25. The van der Waals surface area contributed by atoms with Gasteiger partial charge in [0, 0.05) is 20.9 Å². The maximum absolute atomic E-state index is 6.89. The quantitative estimate of drug-likeness (QED) is 0.188. The molecule has 206 valence electrons. The summed E-state index contributed by atoms with van der Waals surface area (Å²) in [5.41, 5.74) is 7.32. The zero-order valence-electron chi connectivity index (χ0n) is 24.4. The van der Waals surface area contributed by atoms with Crippen LogP contribution in [0.4, 0.5) is 0 Å². The number of benzene rings is 6. The van der Waals surface area contributed by atoms with Crippen molar-refractivity contribution in [1.82, 2.24) is 0 Å². The first-order chi connectivity index (χ1) is 20.3. The SMILES string of the molecule is Cc1cc(C)cc(Sc2cc3ccccc3c3c2[O][Al]([CH3])[O]c2c(Sc4cc(C)cc(C)c4)cc4ccccc4c2-3)c1. The van der Waals surface area contributed by atoms with Crippen molar-refractivity contribution < 1.29 is 7.58 Å². The second-order valence-electron chi connectivity index (χ2n) is 11.3. The molecule has 0 saturated heterocycles. The Bertz CT molecular complexity index is 1830. The number of hydrogen-bond donors (Lipinski definition) is 0. The third-order valence-electron chi connectivity index (χ3n) is 7.60. The fraction of sp³-hybridized carbons (Fsp3) is 0.135. The van der Waals surface area contributed by atoms with Crippen molar-refractivity contribution in [2.24, 2.45) is 0 Å². The van der Waals surface area contributed by atoms with Crippen LogP contribution in [0.25, 0.3) is 32.7 Å². The van der Waals surface area contributed by atoms with Crippen molar-refractivity contribution in [2.75, 3.05) is 0 Å². The van der Waals surface area contributed by atoms with Crippen LogP contribution in [0, 0.1) is 27.7 Å². The predicted molar refractivity (Wildman–Crippen MR) is 180 cm³/mol. The lowest BCUT2D eigenvalue weighted by Gasteiger charge is -2.20. The zero-order valence-corrected chi connectivity index (χ0v) is 27.2. The zero-order chi connectivity index (χ0) is 29.0. The number of hydrogen-bond acceptors (Lipinski definition) is 4. The van der Waals surface area contributed by atoms with Crippen molar-refractivity contribution in [3.63, 3.8) is 0 Å². The monoisotopic (exact) mass is 598 g/mol. The van der Waals surface area contributed by atoms with Crippen LogP contribution in [0.3, 0.4) is 0 Å². The Morgan fingerprint density at radius 1 is 0.500 bits per heavy atom. The first-order valence-corrected chi connectivity index (χ1v) is 18.0. The molecule has 5 heteroatoms. The first-order valence-electron chi connectivity index (χ1n) is 14.3. The Hall–Kier alpha value is -3.33. The van der Waals surface area contributed by atoms with E-state index in [0.717, 1.165) is 32.4 Å². The van der Waals surface area contributed by atoms with Crippen LogP contribution < -0.4 is 7.58 Å². The van der Waals surface area contributed by atoms with Gasteiger partial charge in [-0.3, -0.25) is 0 Å². The Balaban J connectivity index is 1.54. The van der Waals surface area contributed by atoms with Crippen LogP contribution in [-0.2, 0) is 0 Å². The van der Waals surface area contributed by atoms with Crippen molar-refractivity contribution in [3.8, 4) is 22.6 Å². The fourth-order valence-electron chi connectivity index (χ4n) is 6.08. The molecule has 7 rings (SSSR count). The maximum atomic E-state index is 6.89. The third kappa shape index (κ3) is 5.21. The van der Waals surface area contributed by atoms with Crippen molar-refractivity contribution >= 4 is 59.9 Å². The standard InChI is InChI=1S/C36H30O2S2.CH3.Al/c1-21-13-22(2)16-27(15-21)39-31-19-25-9-5-7-11-29(25)33(35(31)37)34-30-12-8-6-10-26(30)20-32(36(34)38)40-28-17-23(3)14-24(4)18-28;;/h5-20,37-38H,1-4H3;1H3;/q;;+2/p-2. The highest BCUT2D eigenvalue weighted by atomic mass is 32.2. The van der Waals surface area contributed by atoms with E-state index in [0.29, 0.717) is 0 Å². The molecule has 0 amide bonds. The molecule has 0 N–H and O–H groups in total. The molecule has 0 saturated carbocycles. The molecule has 0 aliphatic carbocycles. The molecular weight excluding hydrogens is 568 g/mol.